The molecule has 12 heavy (non-hydrogen) atoms. The zero-order valence-electron chi connectivity index (χ0n) is 6.78. The monoisotopic (exact) mass is 186 g/mol. The summed E-state index contributed by atoms with van der Waals surface area (Å²) in [5.41, 5.74) is 0. The summed E-state index contributed by atoms with van der Waals surface area (Å²) in [6, 6.07) is 0. The molecule has 5 heteroatoms. The Hall–Kier alpha value is -0.640. The second-order valence-electron chi connectivity index (χ2n) is 3.23. The van der Waals surface area contributed by atoms with Crippen molar-refractivity contribution in [2.75, 3.05) is 0 Å². The molecule has 0 amide bonds. The van der Waals surface area contributed by atoms with Gasteiger partial charge in [0.1, 0.15) is 0 Å². The lowest BCUT2D eigenvalue weighted by molar-refractivity contribution is 0.426. The summed E-state index contributed by atoms with van der Waals surface area (Å²) in [7, 11) is 0. The molecular weight excluding hydrogens is 176 g/mol. The van der Waals surface area contributed by atoms with Crippen LogP contribution in [0.25, 0.3) is 0 Å². The van der Waals surface area contributed by atoms with Crippen LogP contribution < -0.4 is 0 Å². The zero-order valence-corrected chi connectivity index (χ0v) is 7.54. The Balaban J connectivity index is 2.13. The van der Waals surface area contributed by atoms with Gasteiger partial charge in [-0.2, -0.15) is 0 Å². The van der Waals surface area contributed by atoms with E-state index in [-0.39, 0.29) is 0 Å². The third kappa shape index (κ3) is 1.43. The molecule has 1 saturated carbocycles. The van der Waals surface area contributed by atoms with Crippen LogP contribution in [0.1, 0.15) is 43.8 Å². The summed E-state index contributed by atoms with van der Waals surface area (Å²) in [5, 5.41) is 11.1. The van der Waals surface area contributed by atoms with E-state index in [4.69, 9.17) is 11.8 Å². The number of hydrogen-bond donors (Lipinski definition) is 0. The molecular formula is C7H11ClN4. The molecule has 1 fully saturated rings. The summed E-state index contributed by atoms with van der Waals surface area (Å²) in [6.45, 7) is 0. The van der Waals surface area contributed by atoms with Crippen LogP contribution >= 0.6 is 11.8 Å². The van der Waals surface area contributed by atoms with Crippen molar-refractivity contribution in [3.8, 4) is 0 Å². The molecule has 1 aromatic rings. The van der Waals surface area contributed by atoms with Crippen molar-refractivity contribution in [1.82, 2.24) is 19.7 Å². The first-order valence-corrected chi connectivity index (χ1v) is 4.66. The second-order valence-corrected chi connectivity index (χ2v) is 3.55. The van der Waals surface area contributed by atoms with Crippen LogP contribution in [-0.2, 0) is 0 Å². The SMILES string of the molecule is Cln1nnnc1C1CCCCC1. The summed E-state index contributed by atoms with van der Waals surface area (Å²) in [6.07, 6.45) is 6.23. The van der Waals surface area contributed by atoms with Gasteiger partial charge in [-0.15, -0.1) is 9.30 Å². The summed E-state index contributed by atoms with van der Waals surface area (Å²) in [5.74, 6) is 1.31. The van der Waals surface area contributed by atoms with Gasteiger partial charge in [0.05, 0.1) is 0 Å². The van der Waals surface area contributed by atoms with Crippen molar-refractivity contribution in [1.29, 1.82) is 0 Å². The smallest absolute Gasteiger partial charge is 0.135 e. The molecule has 0 aliphatic heterocycles. The van der Waals surface area contributed by atoms with Crippen molar-refractivity contribution in [3.05, 3.63) is 5.82 Å². The maximum Gasteiger partial charge on any atom is 0.172 e. The lowest BCUT2D eigenvalue weighted by Crippen LogP contribution is -2.08. The molecule has 1 heterocycles. The summed E-state index contributed by atoms with van der Waals surface area (Å²) < 4.78 is 1.27. The van der Waals surface area contributed by atoms with E-state index in [9.17, 15) is 0 Å². The molecule has 0 N–H and O–H groups in total. The molecule has 0 bridgehead atoms. The van der Waals surface area contributed by atoms with E-state index in [1.807, 2.05) is 0 Å². The molecule has 1 aromatic heterocycles. The van der Waals surface area contributed by atoms with Gasteiger partial charge in [-0.1, -0.05) is 19.3 Å². The minimum Gasteiger partial charge on any atom is -0.135 e. The van der Waals surface area contributed by atoms with E-state index >= 15 is 0 Å². The predicted octanol–water partition coefficient (Wildman–Crippen LogP) is 1.72. The van der Waals surface area contributed by atoms with Crippen molar-refractivity contribution >= 4 is 11.8 Å². The maximum atomic E-state index is 5.75. The van der Waals surface area contributed by atoms with Crippen LogP contribution in [-0.4, -0.2) is 19.7 Å². The van der Waals surface area contributed by atoms with Gasteiger partial charge < -0.3 is 0 Å². The van der Waals surface area contributed by atoms with Gasteiger partial charge in [0, 0.05) is 17.7 Å². The average molecular weight is 187 g/mol. The number of halogens is 1. The van der Waals surface area contributed by atoms with Crippen LogP contribution in [0.5, 0.6) is 0 Å². The molecule has 0 saturated heterocycles. The number of aromatic nitrogens is 4. The van der Waals surface area contributed by atoms with E-state index in [1.54, 1.807) is 0 Å². The molecule has 2 rings (SSSR count). The number of tetrazole rings is 1. The fourth-order valence-corrected chi connectivity index (χ4v) is 1.98. The highest BCUT2D eigenvalue weighted by Crippen LogP contribution is 2.30. The first-order chi connectivity index (χ1) is 5.88. The Bertz CT molecular complexity index is 254. The quantitative estimate of drug-likeness (QED) is 0.671. The lowest BCUT2D eigenvalue weighted by atomic mass is 9.89. The van der Waals surface area contributed by atoms with Gasteiger partial charge in [0.15, 0.2) is 5.82 Å². The lowest BCUT2D eigenvalue weighted by Gasteiger charge is -2.18. The summed E-state index contributed by atoms with van der Waals surface area (Å²) in [4.78, 5) is 0. The molecule has 1 aliphatic rings. The van der Waals surface area contributed by atoms with E-state index in [2.05, 4.69) is 15.5 Å². The zero-order chi connectivity index (χ0) is 8.39. The van der Waals surface area contributed by atoms with Crippen molar-refractivity contribution < 1.29 is 0 Å². The molecule has 0 spiro atoms. The van der Waals surface area contributed by atoms with Gasteiger partial charge in [0.2, 0.25) is 0 Å². The molecule has 1 aliphatic carbocycles. The molecule has 0 aromatic carbocycles. The highest BCUT2D eigenvalue weighted by atomic mass is 35.5. The second kappa shape index (κ2) is 3.39. The van der Waals surface area contributed by atoms with Gasteiger partial charge in [-0.05, 0) is 23.3 Å². The molecule has 0 radical (unpaired) electrons. The average Bonchev–Trinajstić information content (AvgIpc) is 2.53. The third-order valence-corrected chi connectivity index (χ3v) is 2.67. The standard InChI is InChI=1S/C7H11ClN4/c8-12-7(9-10-11-12)6-4-2-1-3-5-6/h6H,1-5H2. The van der Waals surface area contributed by atoms with Gasteiger partial charge in [-0.3, -0.25) is 0 Å². The van der Waals surface area contributed by atoms with Crippen molar-refractivity contribution in [2.45, 2.75) is 38.0 Å². The largest absolute Gasteiger partial charge is 0.172 e. The molecule has 66 valence electrons. The van der Waals surface area contributed by atoms with Gasteiger partial charge in [-0.25, -0.2) is 0 Å². The summed E-state index contributed by atoms with van der Waals surface area (Å²) >= 11 is 5.75. The topological polar surface area (TPSA) is 43.6 Å². The fraction of sp³-hybridized carbons (Fsp3) is 0.857. The van der Waals surface area contributed by atoms with E-state index in [0.29, 0.717) is 5.92 Å². The molecule has 4 nitrogen and oxygen atoms in total. The van der Waals surface area contributed by atoms with Crippen LogP contribution in [0.2, 0.25) is 0 Å². The molecule has 0 unspecified atom stereocenters. The van der Waals surface area contributed by atoms with Crippen LogP contribution in [0.4, 0.5) is 0 Å². The maximum absolute atomic E-state index is 5.75. The fourth-order valence-electron chi connectivity index (χ4n) is 1.78. The van der Waals surface area contributed by atoms with Gasteiger partial charge >= 0.3 is 0 Å². The minimum atomic E-state index is 0.478. The Labute approximate surface area is 76.0 Å². The number of nitrogens with zero attached hydrogens (tertiary/aromatic N) is 4. The number of hydrogen-bond acceptors (Lipinski definition) is 3. The highest BCUT2D eigenvalue weighted by molar-refractivity contribution is 6.14. The van der Waals surface area contributed by atoms with E-state index in [0.717, 1.165) is 5.82 Å². The van der Waals surface area contributed by atoms with Crippen molar-refractivity contribution in [2.24, 2.45) is 0 Å². The minimum absolute atomic E-state index is 0.478. The Morgan fingerprint density at radius 2 is 2.00 bits per heavy atom. The number of rotatable bonds is 1. The Morgan fingerprint density at radius 3 is 2.58 bits per heavy atom. The van der Waals surface area contributed by atoms with E-state index < -0.39 is 0 Å². The predicted molar refractivity (Wildman–Crippen MR) is 44.9 cm³/mol. The van der Waals surface area contributed by atoms with E-state index in [1.165, 1.54) is 36.3 Å². The van der Waals surface area contributed by atoms with Gasteiger partial charge in [0.25, 0.3) is 0 Å². The Kier molecular flexibility index (Phi) is 2.26. The van der Waals surface area contributed by atoms with Crippen LogP contribution in [0.3, 0.4) is 0 Å². The first kappa shape index (κ1) is 7.98. The Morgan fingerprint density at radius 1 is 1.25 bits per heavy atom. The highest BCUT2D eigenvalue weighted by Gasteiger charge is 2.20. The van der Waals surface area contributed by atoms with Crippen LogP contribution in [0.15, 0.2) is 0 Å². The van der Waals surface area contributed by atoms with Crippen LogP contribution in [0, 0.1) is 0 Å². The normalized spacial score (nSPS) is 19.8. The third-order valence-electron chi connectivity index (χ3n) is 2.43. The first-order valence-electron chi connectivity index (χ1n) is 4.32. The molecule has 0 atom stereocenters. The van der Waals surface area contributed by atoms with Crippen molar-refractivity contribution in [3.63, 3.8) is 0 Å².